The number of carbonyl (C=O) groups excluding carboxylic acids is 2. The van der Waals surface area contributed by atoms with Gasteiger partial charge in [0, 0.05) is 20.1 Å². The lowest BCUT2D eigenvalue weighted by Crippen LogP contribution is -2.47. The van der Waals surface area contributed by atoms with Crippen LogP contribution in [0.25, 0.3) is 0 Å². The first-order chi connectivity index (χ1) is 12.4. The summed E-state index contributed by atoms with van der Waals surface area (Å²) in [6.45, 7) is 9.05. The zero-order valence-electron chi connectivity index (χ0n) is 17.6. The standard InChI is InChI=1S/C20H36N2O4S/c1-19(2,3)13-20(4,27-6)18(26)21-11-12-22(5)16(23)14-9-7-8-10-15(14)17(24)25/h14-15H,7-13H2,1-6H3,(H,21,26)(H,24,25). The van der Waals surface area contributed by atoms with E-state index in [0.29, 0.717) is 25.9 Å². The van der Waals surface area contributed by atoms with Gasteiger partial charge in [0.25, 0.3) is 0 Å². The summed E-state index contributed by atoms with van der Waals surface area (Å²) in [6, 6.07) is 0. The second-order valence-corrected chi connectivity index (χ2v) is 10.3. The van der Waals surface area contributed by atoms with Gasteiger partial charge in [-0.1, -0.05) is 33.6 Å². The number of nitrogens with zero attached hydrogens (tertiary/aromatic N) is 1. The normalized spacial score (nSPS) is 22.6. The lowest BCUT2D eigenvalue weighted by atomic mass is 9.78. The fraction of sp³-hybridized carbons (Fsp3) is 0.850. The number of aliphatic carboxylic acids is 1. The number of carboxylic acids is 1. The molecule has 0 aromatic heterocycles. The second-order valence-electron chi connectivity index (χ2n) is 9.02. The highest BCUT2D eigenvalue weighted by atomic mass is 32.2. The van der Waals surface area contributed by atoms with Gasteiger partial charge in [-0.05, 0) is 37.9 Å². The van der Waals surface area contributed by atoms with Crippen LogP contribution in [-0.4, -0.2) is 58.9 Å². The number of rotatable bonds is 8. The average molecular weight is 401 g/mol. The Hall–Kier alpha value is -1.24. The Morgan fingerprint density at radius 3 is 2.15 bits per heavy atom. The third kappa shape index (κ3) is 7.01. The van der Waals surface area contributed by atoms with Crippen molar-refractivity contribution in [3.8, 4) is 0 Å². The fourth-order valence-corrected chi connectivity index (χ4v) is 4.73. The Morgan fingerprint density at radius 2 is 1.67 bits per heavy atom. The van der Waals surface area contributed by atoms with E-state index in [1.54, 1.807) is 23.7 Å². The van der Waals surface area contributed by atoms with E-state index in [1.807, 2.05) is 13.2 Å². The monoisotopic (exact) mass is 400 g/mol. The number of thioether (sulfide) groups is 1. The SMILES string of the molecule is CSC(C)(CC(C)(C)C)C(=O)NCCN(C)C(=O)C1CCCCC1C(=O)O. The maximum atomic E-state index is 12.7. The molecule has 0 heterocycles. The number of amides is 2. The van der Waals surface area contributed by atoms with Gasteiger partial charge in [0.15, 0.2) is 0 Å². The van der Waals surface area contributed by atoms with E-state index in [9.17, 15) is 19.5 Å². The van der Waals surface area contributed by atoms with E-state index in [1.165, 1.54) is 0 Å². The summed E-state index contributed by atoms with van der Waals surface area (Å²) >= 11 is 1.54. The Labute approximate surface area is 167 Å². The number of hydrogen-bond acceptors (Lipinski definition) is 4. The minimum atomic E-state index is -0.882. The number of nitrogens with one attached hydrogen (secondary N) is 1. The van der Waals surface area contributed by atoms with Crippen molar-refractivity contribution >= 4 is 29.5 Å². The van der Waals surface area contributed by atoms with Gasteiger partial charge in [-0.3, -0.25) is 14.4 Å². The van der Waals surface area contributed by atoms with Gasteiger partial charge < -0.3 is 15.3 Å². The van der Waals surface area contributed by atoms with Gasteiger partial charge >= 0.3 is 5.97 Å². The molecular formula is C20H36N2O4S. The van der Waals surface area contributed by atoms with Gasteiger partial charge in [-0.2, -0.15) is 0 Å². The molecule has 1 aliphatic rings. The van der Waals surface area contributed by atoms with Crippen LogP contribution >= 0.6 is 11.8 Å². The zero-order chi connectivity index (χ0) is 20.8. The molecule has 0 aromatic carbocycles. The first-order valence-corrected chi connectivity index (χ1v) is 10.9. The number of likely N-dealkylation sites (N-methyl/N-ethyl adjacent to an activating group) is 1. The molecule has 1 rings (SSSR count). The second kappa shape index (κ2) is 9.80. The lowest BCUT2D eigenvalue weighted by Gasteiger charge is -2.33. The van der Waals surface area contributed by atoms with Crippen molar-refractivity contribution in [2.24, 2.45) is 17.3 Å². The van der Waals surface area contributed by atoms with Crippen LogP contribution in [0.3, 0.4) is 0 Å². The van der Waals surface area contributed by atoms with E-state index < -0.39 is 22.6 Å². The molecule has 27 heavy (non-hydrogen) atoms. The van der Waals surface area contributed by atoms with Crippen LogP contribution in [0.2, 0.25) is 0 Å². The molecule has 3 unspecified atom stereocenters. The van der Waals surface area contributed by atoms with E-state index >= 15 is 0 Å². The molecule has 3 atom stereocenters. The van der Waals surface area contributed by atoms with Crippen LogP contribution in [0, 0.1) is 17.3 Å². The van der Waals surface area contributed by atoms with Crippen LogP contribution in [0.1, 0.15) is 59.8 Å². The quantitative estimate of drug-likeness (QED) is 0.654. The van der Waals surface area contributed by atoms with Crippen molar-refractivity contribution in [3.05, 3.63) is 0 Å². The predicted octanol–water partition coefficient (Wildman–Crippen LogP) is 3.01. The molecule has 0 bridgehead atoms. The Balaban J connectivity index is 2.58. The highest BCUT2D eigenvalue weighted by Crippen LogP contribution is 2.36. The van der Waals surface area contributed by atoms with Crippen molar-refractivity contribution in [1.29, 1.82) is 0 Å². The number of hydrogen-bond donors (Lipinski definition) is 2. The Bertz CT molecular complexity index is 547. The largest absolute Gasteiger partial charge is 0.481 e. The average Bonchev–Trinajstić information content (AvgIpc) is 2.59. The molecule has 1 fully saturated rings. The summed E-state index contributed by atoms with van der Waals surface area (Å²) in [6.07, 6.45) is 5.64. The van der Waals surface area contributed by atoms with E-state index in [-0.39, 0.29) is 17.2 Å². The summed E-state index contributed by atoms with van der Waals surface area (Å²) in [4.78, 5) is 38.3. The Morgan fingerprint density at radius 1 is 1.11 bits per heavy atom. The van der Waals surface area contributed by atoms with Crippen molar-refractivity contribution in [1.82, 2.24) is 10.2 Å². The van der Waals surface area contributed by atoms with Crippen LogP contribution in [0.4, 0.5) is 0 Å². The Kier molecular flexibility index (Phi) is 8.64. The molecule has 2 N–H and O–H groups in total. The molecule has 0 radical (unpaired) electrons. The van der Waals surface area contributed by atoms with Gasteiger partial charge in [0.2, 0.25) is 11.8 Å². The van der Waals surface area contributed by atoms with Crippen molar-refractivity contribution < 1.29 is 19.5 Å². The molecule has 1 aliphatic carbocycles. The molecule has 2 amide bonds. The first-order valence-electron chi connectivity index (χ1n) is 9.72. The molecule has 7 heteroatoms. The highest BCUT2D eigenvalue weighted by molar-refractivity contribution is 8.00. The molecule has 0 aromatic rings. The molecule has 6 nitrogen and oxygen atoms in total. The maximum absolute atomic E-state index is 12.7. The minimum Gasteiger partial charge on any atom is -0.481 e. The topological polar surface area (TPSA) is 86.7 Å². The third-order valence-corrected chi connectivity index (χ3v) is 6.54. The molecule has 0 saturated heterocycles. The summed E-state index contributed by atoms with van der Waals surface area (Å²) in [7, 11) is 1.69. The summed E-state index contributed by atoms with van der Waals surface area (Å²) in [5, 5.41) is 12.3. The number of carbonyl (C=O) groups is 3. The van der Waals surface area contributed by atoms with Crippen LogP contribution < -0.4 is 5.32 Å². The van der Waals surface area contributed by atoms with Gasteiger partial charge in [-0.25, -0.2) is 0 Å². The van der Waals surface area contributed by atoms with Crippen LogP contribution in [0.15, 0.2) is 0 Å². The van der Waals surface area contributed by atoms with Crippen LogP contribution in [0.5, 0.6) is 0 Å². The highest BCUT2D eigenvalue weighted by Gasteiger charge is 2.38. The fourth-order valence-electron chi connectivity index (χ4n) is 3.90. The van der Waals surface area contributed by atoms with Crippen LogP contribution in [-0.2, 0) is 14.4 Å². The lowest BCUT2D eigenvalue weighted by molar-refractivity contribution is -0.151. The summed E-state index contributed by atoms with van der Waals surface area (Å²) in [5.41, 5.74) is 0.0364. The summed E-state index contributed by atoms with van der Waals surface area (Å²) < 4.78 is -0.515. The van der Waals surface area contributed by atoms with E-state index in [2.05, 4.69) is 26.1 Å². The van der Waals surface area contributed by atoms with Crippen molar-refractivity contribution in [2.45, 2.75) is 64.5 Å². The summed E-state index contributed by atoms with van der Waals surface area (Å²) in [5.74, 6) is -2.07. The molecule has 156 valence electrons. The van der Waals surface area contributed by atoms with Gasteiger partial charge in [0.1, 0.15) is 0 Å². The van der Waals surface area contributed by atoms with Gasteiger partial charge in [0.05, 0.1) is 16.6 Å². The zero-order valence-corrected chi connectivity index (χ0v) is 18.4. The third-order valence-electron chi connectivity index (χ3n) is 5.31. The van der Waals surface area contributed by atoms with E-state index in [4.69, 9.17) is 0 Å². The smallest absolute Gasteiger partial charge is 0.307 e. The predicted molar refractivity (Wildman–Crippen MR) is 110 cm³/mol. The molecule has 0 aliphatic heterocycles. The maximum Gasteiger partial charge on any atom is 0.307 e. The van der Waals surface area contributed by atoms with E-state index in [0.717, 1.165) is 19.3 Å². The van der Waals surface area contributed by atoms with Gasteiger partial charge in [-0.15, -0.1) is 11.8 Å². The van der Waals surface area contributed by atoms with Crippen molar-refractivity contribution in [2.75, 3.05) is 26.4 Å². The van der Waals surface area contributed by atoms with Crippen molar-refractivity contribution in [3.63, 3.8) is 0 Å². The number of carboxylic acid groups (broad SMARTS) is 1. The minimum absolute atomic E-state index is 0.0214. The molecular weight excluding hydrogens is 364 g/mol. The molecule has 0 spiro atoms. The molecule has 1 saturated carbocycles. The first kappa shape index (κ1) is 23.8.